The van der Waals surface area contributed by atoms with Gasteiger partial charge in [0.25, 0.3) is 0 Å². The summed E-state index contributed by atoms with van der Waals surface area (Å²) >= 11 is 0. The van der Waals surface area contributed by atoms with Crippen molar-refractivity contribution in [1.82, 2.24) is 5.32 Å². The number of halogens is 3. The van der Waals surface area contributed by atoms with Crippen LogP contribution in [0.1, 0.15) is 25.7 Å². The van der Waals surface area contributed by atoms with E-state index in [1.807, 2.05) is 0 Å². The first-order valence-electron chi connectivity index (χ1n) is 5.96. The second kappa shape index (κ2) is 6.23. The molecule has 3 atom stereocenters. The molecular formula is C11H16F3NO4. The van der Waals surface area contributed by atoms with Crippen LogP contribution >= 0.6 is 0 Å². The molecule has 0 aromatic carbocycles. The molecule has 1 saturated carbocycles. The molecule has 19 heavy (non-hydrogen) atoms. The molecule has 0 spiro atoms. The summed E-state index contributed by atoms with van der Waals surface area (Å²) in [6.45, 7) is -0.795. The van der Waals surface area contributed by atoms with E-state index in [4.69, 9.17) is 10.2 Å². The van der Waals surface area contributed by atoms with Gasteiger partial charge in [0.05, 0.1) is 12.5 Å². The molecule has 3 N–H and O–H groups in total. The lowest BCUT2D eigenvalue weighted by molar-refractivity contribution is -0.186. The number of carbonyl (C=O) groups is 2. The summed E-state index contributed by atoms with van der Waals surface area (Å²) in [4.78, 5) is 22.3. The summed E-state index contributed by atoms with van der Waals surface area (Å²) in [5.41, 5.74) is 0. The van der Waals surface area contributed by atoms with Crippen molar-refractivity contribution in [2.45, 2.75) is 37.9 Å². The predicted molar refractivity (Wildman–Crippen MR) is 58.2 cm³/mol. The Balaban J connectivity index is 2.60. The Labute approximate surface area is 107 Å². The lowest BCUT2D eigenvalue weighted by Gasteiger charge is -2.30. The van der Waals surface area contributed by atoms with Gasteiger partial charge in [0.15, 0.2) is 0 Å². The van der Waals surface area contributed by atoms with E-state index in [2.05, 4.69) is 5.32 Å². The number of hydrogen-bond donors (Lipinski definition) is 3. The van der Waals surface area contributed by atoms with Gasteiger partial charge < -0.3 is 15.5 Å². The fraction of sp³-hybridized carbons (Fsp3) is 0.818. The van der Waals surface area contributed by atoms with Crippen LogP contribution in [0.5, 0.6) is 0 Å². The molecule has 1 rings (SSSR count). The minimum atomic E-state index is -4.33. The largest absolute Gasteiger partial charge is 0.480 e. The topological polar surface area (TPSA) is 86.6 Å². The quantitative estimate of drug-likeness (QED) is 0.716. The molecule has 8 heteroatoms. The Morgan fingerprint density at radius 3 is 2.42 bits per heavy atom. The zero-order valence-corrected chi connectivity index (χ0v) is 10.1. The summed E-state index contributed by atoms with van der Waals surface area (Å²) < 4.78 is 37.7. The molecule has 1 amide bonds. The maximum Gasteiger partial charge on any atom is 0.391 e. The van der Waals surface area contributed by atoms with Gasteiger partial charge in [-0.2, -0.15) is 13.2 Å². The lowest BCUT2D eigenvalue weighted by Crippen LogP contribution is -2.47. The molecular weight excluding hydrogens is 267 g/mol. The van der Waals surface area contributed by atoms with Crippen LogP contribution in [0, 0.1) is 11.8 Å². The van der Waals surface area contributed by atoms with E-state index in [9.17, 15) is 22.8 Å². The average molecular weight is 283 g/mol. The van der Waals surface area contributed by atoms with Crippen molar-refractivity contribution in [3.05, 3.63) is 0 Å². The second-order valence-electron chi connectivity index (χ2n) is 4.68. The first-order valence-corrected chi connectivity index (χ1v) is 5.96. The fourth-order valence-electron chi connectivity index (χ4n) is 2.20. The van der Waals surface area contributed by atoms with E-state index in [0.717, 1.165) is 0 Å². The average Bonchev–Trinajstić information content (AvgIpc) is 2.34. The van der Waals surface area contributed by atoms with E-state index in [0.29, 0.717) is 6.42 Å². The Hall–Kier alpha value is -1.31. The highest BCUT2D eigenvalue weighted by atomic mass is 19.4. The van der Waals surface area contributed by atoms with Crippen molar-refractivity contribution in [2.24, 2.45) is 11.8 Å². The smallest absolute Gasteiger partial charge is 0.391 e. The van der Waals surface area contributed by atoms with Crippen LogP contribution in [0.15, 0.2) is 0 Å². The third-order valence-electron chi connectivity index (χ3n) is 3.31. The van der Waals surface area contributed by atoms with Gasteiger partial charge in [0, 0.05) is 5.92 Å². The number of carboxylic acid groups (broad SMARTS) is 1. The molecule has 110 valence electrons. The van der Waals surface area contributed by atoms with Gasteiger partial charge in [-0.05, 0) is 19.3 Å². The summed E-state index contributed by atoms with van der Waals surface area (Å²) in [6, 6.07) is -1.47. The highest BCUT2D eigenvalue weighted by Gasteiger charge is 2.43. The van der Waals surface area contributed by atoms with Crippen molar-refractivity contribution < 1.29 is 33.0 Å². The highest BCUT2D eigenvalue weighted by molar-refractivity contribution is 5.85. The summed E-state index contributed by atoms with van der Waals surface area (Å²) in [5, 5.41) is 19.4. The molecule has 0 heterocycles. The number of aliphatic carboxylic acids is 1. The van der Waals surface area contributed by atoms with Gasteiger partial charge in [-0.15, -0.1) is 0 Å². The molecule has 0 saturated heterocycles. The third-order valence-corrected chi connectivity index (χ3v) is 3.31. The van der Waals surface area contributed by atoms with Crippen LogP contribution in [0.25, 0.3) is 0 Å². The predicted octanol–water partition coefficient (Wildman–Crippen LogP) is 0.917. The van der Waals surface area contributed by atoms with Crippen LogP contribution in [-0.2, 0) is 9.59 Å². The van der Waals surface area contributed by atoms with Gasteiger partial charge in [-0.3, -0.25) is 4.79 Å². The monoisotopic (exact) mass is 283 g/mol. The highest BCUT2D eigenvalue weighted by Crippen LogP contribution is 2.39. The van der Waals surface area contributed by atoms with Crippen LogP contribution in [0.3, 0.4) is 0 Å². The molecule has 1 aliphatic carbocycles. The van der Waals surface area contributed by atoms with Crippen molar-refractivity contribution in [2.75, 3.05) is 6.61 Å². The molecule has 0 aromatic heterocycles. The van der Waals surface area contributed by atoms with Crippen LogP contribution in [-0.4, -0.2) is 40.9 Å². The lowest BCUT2D eigenvalue weighted by atomic mass is 9.80. The number of amides is 1. The first kappa shape index (κ1) is 15.7. The maximum atomic E-state index is 12.6. The zero-order valence-electron chi connectivity index (χ0n) is 10.1. The zero-order chi connectivity index (χ0) is 14.6. The summed E-state index contributed by atoms with van der Waals surface area (Å²) in [7, 11) is 0. The molecule has 0 aromatic rings. The fourth-order valence-corrected chi connectivity index (χ4v) is 2.20. The number of carboxylic acids is 1. The number of rotatable bonds is 4. The third kappa shape index (κ3) is 4.38. The minimum absolute atomic E-state index is 0.00433. The van der Waals surface area contributed by atoms with E-state index >= 15 is 0 Å². The maximum absolute atomic E-state index is 12.6. The number of aliphatic hydroxyl groups is 1. The van der Waals surface area contributed by atoms with Crippen molar-refractivity contribution in [3.8, 4) is 0 Å². The molecule has 0 bridgehead atoms. The minimum Gasteiger partial charge on any atom is -0.480 e. The molecule has 1 aliphatic rings. The first-order chi connectivity index (χ1) is 8.75. The molecule has 1 fully saturated rings. The standard InChI is InChI=1S/C11H16F3NO4/c12-11(13,14)7-3-1-2-6(4-7)9(17)15-8(5-16)10(18)19/h6-8,16H,1-5H2,(H,15,17)(H,18,19)/t6?,7?,8-/m1/s1. The van der Waals surface area contributed by atoms with E-state index < -0.39 is 42.5 Å². The molecule has 5 nitrogen and oxygen atoms in total. The van der Waals surface area contributed by atoms with E-state index in [-0.39, 0.29) is 19.3 Å². The number of hydrogen-bond acceptors (Lipinski definition) is 3. The number of nitrogens with one attached hydrogen (secondary N) is 1. The Bertz CT molecular complexity index is 345. The van der Waals surface area contributed by atoms with Gasteiger partial charge in [-0.25, -0.2) is 4.79 Å². The van der Waals surface area contributed by atoms with Crippen LogP contribution in [0.4, 0.5) is 13.2 Å². The van der Waals surface area contributed by atoms with Gasteiger partial charge in [0.1, 0.15) is 6.04 Å². The molecule has 2 unspecified atom stereocenters. The Morgan fingerprint density at radius 1 is 1.32 bits per heavy atom. The van der Waals surface area contributed by atoms with Crippen LogP contribution < -0.4 is 5.32 Å². The van der Waals surface area contributed by atoms with E-state index in [1.165, 1.54) is 0 Å². The summed E-state index contributed by atoms with van der Waals surface area (Å²) in [6.07, 6.45) is -4.08. The molecule has 0 radical (unpaired) electrons. The SMILES string of the molecule is O=C(N[C@H](CO)C(=O)O)C1CCCC(C(F)(F)F)C1. The van der Waals surface area contributed by atoms with Gasteiger partial charge >= 0.3 is 12.1 Å². The van der Waals surface area contributed by atoms with Crippen molar-refractivity contribution >= 4 is 11.9 Å². The van der Waals surface area contributed by atoms with Crippen molar-refractivity contribution in [3.63, 3.8) is 0 Å². The van der Waals surface area contributed by atoms with Gasteiger partial charge in [-0.1, -0.05) is 6.42 Å². The van der Waals surface area contributed by atoms with E-state index in [1.54, 1.807) is 0 Å². The van der Waals surface area contributed by atoms with Crippen LogP contribution in [0.2, 0.25) is 0 Å². The number of alkyl halides is 3. The van der Waals surface area contributed by atoms with Gasteiger partial charge in [0.2, 0.25) is 5.91 Å². The normalized spacial score (nSPS) is 25.7. The molecule has 0 aliphatic heterocycles. The van der Waals surface area contributed by atoms with Crippen molar-refractivity contribution in [1.29, 1.82) is 0 Å². The summed E-state index contributed by atoms with van der Waals surface area (Å²) in [5.74, 6) is -4.53. The number of aliphatic hydroxyl groups excluding tert-OH is 1. The Kier molecular flexibility index (Phi) is 5.16. The second-order valence-corrected chi connectivity index (χ2v) is 4.68. The number of carbonyl (C=O) groups excluding carboxylic acids is 1. The Morgan fingerprint density at radius 2 is 1.95 bits per heavy atom.